The number of nitrogens with zero attached hydrogens (tertiary/aromatic N) is 1. The van der Waals surface area contributed by atoms with Crippen LogP contribution in [0.1, 0.15) is 51.4 Å². The number of hydrogen-bond acceptors (Lipinski definition) is 3. The zero-order valence-electron chi connectivity index (χ0n) is 10.4. The first-order valence-electron chi connectivity index (χ1n) is 6.93. The van der Waals surface area contributed by atoms with Crippen LogP contribution in [0.25, 0.3) is 0 Å². The Hall–Kier alpha value is -0.590. The van der Waals surface area contributed by atoms with Gasteiger partial charge in [0.05, 0.1) is 29.8 Å². The average Bonchev–Trinajstić information content (AvgIpc) is 3.04. The lowest BCUT2D eigenvalue weighted by molar-refractivity contribution is -0.0491. The second-order valence-corrected chi connectivity index (χ2v) is 6.07. The molecule has 0 aromatic rings. The minimum Gasteiger partial charge on any atom is -0.380 e. The molecule has 3 heteroatoms. The molecule has 0 aromatic heterocycles. The normalized spacial score (nSPS) is 39.8. The molecule has 1 spiro atoms. The van der Waals surface area contributed by atoms with Gasteiger partial charge in [0.1, 0.15) is 0 Å². The van der Waals surface area contributed by atoms with Crippen molar-refractivity contribution < 1.29 is 9.47 Å². The molecule has 2 unspecified atom stereocenters. The molecule has 1 saturated carbocycles. The van der Waals surface area contributed by atoms with Crippen LogP contribution in [0.3, 0.4) is 0 Å². The quantitative estimate of drug-likeness (QED) is 0.739. The van der Waals surface area contributed by atoms with E-state index in [1.165, 1.54) is 32.1 Å². The van der Waals surface area contributed by atoms with E-state index in [9.17, 15) is 5.26 Å². The van der Waals surface area contributed by atoms with Crippen molar-refractivity contribution in [1.29, 1.82) is 5.26 Å². The predicted octanol–water partition coefficient (Wildman–Crippen LogP) is 2.80. The van der Waals surface area contributed by atoms with Gasteiger partial charge in [-0.25, -0.2) is 0 Å². The van der Waals surface area contributed by atoms with E-state index in [4.69, 9.17) is 9.47 Å². The van der Waals surface area contributed by atoms with Crippen molar-refractivity contribution in [2.75, 3.05) is 13.2 Å². The molecule has 1 aliphatic carbocycles. The molecule has 0 N–H and O–H groups in total. The Kier molecular flexibility index (Phi) is 2.88. The van der Waals surface area contributed by atoms with Crippen LogP contribution in [-0.4, -0.2) is 24.9 Å². The largest absolute Gasteiger partial charge is 0.380 e. The molecule has 3 aliphatic rings. The summed E-state index contributed by atoms with van der Waals surface area (Å²) in [4.78, 5) is 0. The summed E-state index contributed by atoms with van der Waals surface area (Å²) in [6.07, 6.45) is 9.53. The van der Waals surface area contributed by atoms with E-state index in [-0.39, 0.29) is 11.0 Å². The highest BCUT2D eigenvalue weighted by atomic mass is 16.5. The lowest BCUT2D eigenvalue weighted by Crippen LogP contribution is -2.29. The van der Waals surface area contributed by atoms with E-state index < -0.39 is 0 Å². The lowest BCUT2D eigenvalue weighted by Gasteiger charge is -2.27. The highest BCUT2D eigenvalue weighted by molar-refractivity contribution is 5.04. The van der Waals surface area contributed by atoms with Gasteiger partial charge < -0.3 is 9.47 Å². The summed E-state index contributed by atoms with van der Waals surface area (Å²) in [6, 6.07) is 2.48. The van der Waals surface area contributed by atoms with Gasteiger partial charge in [0.25, 0.3) is 0 Å². The van der Waals surface area contributed by atoms with Gasteiger partial charge >= 0.3 is 0 Å². The third-order valence-electron chi connectivity index (χ3n) is 4.81. The Labute approximate surface area is 103 Å². The Bertz CT molecular complexity index is 322. The van der Waals surface area contributed by atoms with Crippen molar-refractivity contribution in [1.82, 2.24) is 0 Å². The van der Waals surface area contributed by atoms with Crippen molar-refractivity contribution in [2.24, 2.45) is 5.41 Å². The summed E-state index contributed by atoms with van der Waals surface area (Å²) in [5, 5.41) is 9.35. The number of ether oxygens (including phenoxy) is 2. The smallest absolute Gasteiger partial charge is 0.0853 e. The molecule has 94 valence electrons. The number of nitriles is 1. The van der Waals surface area contributed by atoms with Gasteiger partial charge in [-0.1, -0.05) is 12.8 Å². The van der Waals surface area contributed by atoms with Crippen molar-refractivity contribution in [3.05, 3.63) is 0 Å². The van der Waals surface area contributed by atoms with E-state index in [1.807, 2.05) is 0 Å². The zero-order valence-corrected chi connectivity index (χ0v) is 10.4. The molecule has 3 rings (SSSR count). The SMILES string of the molecule is N#CC1(CC2CCC3(CCCC3)O2)CCOC1. The fourth-order valence-corrected chi connectivity index (χ4v) is 3.76. The molecular weight excluding hydrogens is 214 g/mol. The number of hydrogen-bond donors (Lipinski definition) is 0. The van der Waals surface area contributed by atoms with E-state index in [0.717, 1.165) is 25.9 Å². The van der Waals surface area contributed by atoms with Crippen LogP contribution in [0, 0.1) is 16.7 Å². The highest BCUT2D eigenvalue weighted by Crippen LogP contribution is 2.46. The molecule has 2 saturated heterocycles. The van der Waals surface area contributed by atoms with Crippen LogP contribution in [0.2, 0.25) is 0 Å². The minimum absolute atomic E-state index is 0.195. The first-order valence-corrected chi connectivity index (χ1v) is 6.93. The first kappa shape index (κ1) is 11.5. The predicted molar refractivity (Wildman–Crippen MR) is 63.4 cm³/mol. The van der Waals surface area contributed by atoms with Crippen LogP contribution in [0.5, 0.6) is 0 Å². The molecule has 2 heterocycles. The van der Waals surface area contributed by atoms with E-state index >= 15 is 0 Å². The molecule has 0 aromatic carbocycles. The maximum Gasteiger partial charge on any atom is 0.0853 e. The summed E-state index contributed by atoms with van der Waals surface area (Å²) in [5.74, 6) is 0. The summed E-state index contributed by atoms with van der Waals surface area (Å²) in [7, 11) is 0. The molecule has 2 atom stereocenters. The third kappa shape index (κ3) is 2.09. The highest BCUT2D eigenvalue weighted by Gasteiger charge is 2.46. The van der Waals surface area contributed by atoms with Crippen molar-refractivity contribution in [2.45, 2.75) is 63.1 Å². The summed E-state index contributed by atoms with van der Waals surface area (Å²) in [6.45, 7) is 1.35. The van der Waals surface area contributed by atoms with Crippen LogP contribution >= 0.6 is 0 Å². The fraction of sp³-hybridized carbons (Fsp3) is 0.929. The Morgan fingerprint density at radius 1 is 1.18 bits per heavy atom. The zero-order chi connectivity index (χ0) is 11.8. The van der Waals surface area contributed by atoms with Crippen molar-refractivity contribution >= 4 is 0 Å². The summed E-state index contributed by atoms with van der Waals surface area (Å²) in [5.41, 5.74) is -0.0599. The van der Waals surface area contributed by atoms with Gasteiger partial charge in [-0.05, 0) is 38.5 Å². The third-order valence-corrected chi connectivity index (χ3v) is 4.81. The fourth-order valence-electron chi connectivity index (χ4n) is 3.76. The van der Waals surface area contributed by atoms with Gasteiger partial charge in [-0.15, -0.1) is 0 Å². The van der Waals surface area contributed by atoms with Crippen LogP contribution in [0.4, 0.5) is 0 Å². The van der Waals surface area contributed by atoms with Crippen LogP contribution in [-0.2, 0) is 9.47 Å². The molecule has 0 radical (unpaired) electrons. The summed E-state index contributed by atoms with van der Waals surface area (Å²) >= 11 is 0. The molecule has 3 nitrogen and oxygen atoms in total. The molecule has 0 bridgehead atoms. The van der Waals surface area contributed by atoms with Crippen molar-refractivity contribution in [3.63, 3.8) is 0 Å². The Morgan fingerprint density at radius 3 is 2.65 bits per heavy atom. The van der Waals surface area contributed by atoms with Gasteiger partial charge in [-0.3, -0.25) is 0 Å². The standard InChI is InChI=1S/C14H21NO2/c15-10-13(7-8-16-11-13)9-12-3-6-14(17-12)4-1-2-5-14/h12H,1-9,11H2. The summed E-state index contributed by atoms with van der Waals surface area (Å²) < 4.78 is 11.7. The van der Waals surface area contributed by atoms with E-state index in [1.54, 1.807) is 0 Å². The number of rotatable bonds is 2. The topological polar surface area (TPSA) is 42.2 Å². The van der Waals surface area contributed by atoms with Gasteiger partial charge in [-0.2, -0.15) is 5.26 Å². The molecule has 2 aliphatic heterocycles. The monoisotopic (exact) mass is 235 g/mol. The molecule has 3 fully saturated rings. The van der Waals surface area contributed by atoms with E-state index in [2.05, 4.69) is 6.07 Å². The first-order chi connectivity index (χ1) is 8.26. The van der Waals surface area contributed by atoms with Crippen molar-refractivity contribution in [3.8, 4) is 6.07 Å². The molecule has 17 heavy (non-hydrogen) atoms. The molecule has 0 amide bonds. The van der Waals surface area contributed by atoms with Crippen LogP contribution < -0.4 is 0 Å². The van der Waals surface area contributed by atoms with Gasteiger partial charge in [0.2, 0.25) is 0 Å². The Morgan fingerprint density at radius 2 is 2.00 bits per heavy atom. The Balaban J connectivity index is 1.62. The average molecular weight is 235 g/mol. The maximum atomic E-state index is 9.35. The lowest BCUT2D eigenvalue weighted by atomic mass is 9.82. The maximum absolute atomic E-state index is 9.35. The van der Waals surface area contributed by atoms with Gasteiger partial charge in [0, 0.05) is 6.61 Å². The van der Waals surface area contributed by atoms with Gasteiger partial charge in [0.15, 0.2) is 0 Å². The molecular formula is C14H21NO2. The second-order valence-electron chi connectivity index (χ2n) is 6.07. The van der Waals surface area contributed by atoms with Crippen LogP contribution in [0.15, 0.2) is 0 Å². The minimum atomic E-state index is -0.255. The second kappa shape index (κ2) is 4.26. The van der Waals surface area contributed by atoms with E-state index in [0.29, 0.717) is 12.7 Å².